The lowest BCUT2D eigenvalue weighted by molar-refractivity contribution is -0.374. The molecule has 0 spiro atoms. The van der Waals surface area contributed by atoms with Gasteiger partial charge in [-0.05, 0) is 230 Å². The fourth-order valence-corrected chi connectivity index (χ4v) is 22.7. The Morgan fingerprint density at radius 2 is 1.05 bits per heavy atom. The Kier molecular flexibility index (Phi) is 28.9. The van der Waals surface area contributed by atoms with E-state index in [1.54, 1.807) is 23.9 Å². The highest BCUT2D eigenvalue weighted by Gasteiger charge is 2.70. The van der Waals surface area contributed by atoms with Crippen molar-refractivity contribution in [3.05, 3.63) is 58.7 Å². The van der Waals surface area contributed by atoms with Gasteiger partial charge in [-0.25, -0.2) is 0 Å². The first-order valence-corrected chi connectivity index (χ1v) is 41.8. The van der Waals surface area contributed by atoms with Crippen LogP contribution in [0.3, 0.4) is 0 Å². The van der Waals surface area contributed by atoms with Gasteiger partial charge in [0, 0.05) is 101 Å². The summed E-state index contributed by atoms with van der Waals surface area (Å²) in [6.45, 7) is 5.75. The standard InChI is InChI=1S/2C37H55F6N3O4S2/c1-34-14-13-29-28-10-8-26(49-16-6-18-51-52-23-25-20-27(48-5)21-44-25)19-24(28)7-9-30(29)31(34)11-12-32(34)46(4)33(47)22-45(3)15-17-50-35(2,36(38,39)40)37(41,42)43;1-34-14-13-29-28-10-8-26(49-16-6-18-51-52-23-25-20-27(48-4)21-44-25)19-24(28)7-9-30(29)31(34)11-12-32(34)45-33(47)22-46(3)15-5-17-50-35(2,36(38,39)40)37(41,42)43/h8,10,19,25,27,29-32,44H,6-7,9,11-18,20-23H2,1-5H3;8,10,19,25,27,29-32,44H,5-7,9,11-18,20-23H2,1-4H3,(H,45,47)/t2*25-,27+,29?,30?,31?,32+,34+/m11/s1/i5D;4D. The largest absolute Gasteiger partial charge is 0.494 e. The van der Waals surface area contributed by atoms with Gasteiger partial charge in [-0.2, -0.15) is 52.7 Å². The van der Waals surface area contributed by atoms with E-state index in [-0.39, 0.29) is 108 Å². The molecular weight excluding hydrogens is 1460 g/mol. The number of likely N-dealkylation sites (N-methyl/N-ethyl adjacent to an activating group) is 3. The van der Waals surface area contributed by atoms with Gasteiger partial charge in [0.1, 0.15) is 11.5 Å². The van der Waals surface area contributed by atoms with E-state index in [0.29, 0.717) is 60.8 Å². The summed E-state index contributed by atoms with van der Waals surface area (Å²) in [5.41, 5.74) is -3.02. The third kappa shape index (κ3) is 20.5. The first kappa shape index (κ1) is 82.2. The molecule has 8 aliphatic rings. The molecule has 2 aromatic carbocycles. The molecule has 4 saturated carbocycles. The van der Waals surface area contributed by atoms with Crippen molar-refractivity contribution in [3.8, 4) is 11.5 Å². The lowest BCUT2D eigenvalue weighted by Crippen LogP contribution is -2.57. The van der Waals surface area contributed by atoms with Gasteiger partial charge in [0.2, 0.25) is 11.8 Å². The summed E-state index contributed by atoms with van der Waals surface area (Å²) >= 11 is 0. The zero-order chi connectivity index (χ0) is 77.0. The fourth-order valence-electron chi connectivity index (χ4n) is 18.0. The van der Waals surface area contributed by atoms with Crippen molar-refractivity contribution in [1.82, 2.24) is 30.7 Å². The minimum absolute atomic E-state index is 0.00103. The van der Waals surface area contributed by atoms with Crippen molar-refractivity contribution in [2.24, 2.45) is 34.5 Å². The second kappa shape index (κ2) is 36.6. The van der Waals surface area contributed by atoms with Crippen LogP contribution in [0.4, 0.5) is 52.7 Å². The third-order valence-electron chi connectivity index (χ3n) is 24.3. The molecule has 2 amide bonds. The lowest BCUT2D eigenvalue weighted by atomic mass is 9.55. The summed E-state index contributed by atoms with van der Waals surface area (Å²) in [5.74, 6) is 8.50. The Hall–Kier alpha value is -2.78. The summed E-state index contributed by atoms with van der Waals surface area (Å²) in [5, 5.41) is 10.2. The maximum atomic E-state index is 13.4. The number of ether oxygens (including phenoxy) is 6. The number of nitrogens with zero attached hydrogens (tertiary/aromatic N) is 3. The zero-order valence-corrected chi connectivity index (χ0v) is 64.3. The molecule has 6 fully saturated rings. The number of rotatable bonds is 33. The molecule has 6 unspecified atom stereocenters. The Labute approximate surface area is 625 Å². The molecule has 14 nitrogen and oxygen atoms in total. The van der Waals surface area contributed by atoms with Crippen LogP contribution in [-0.4, -0.2) is 223 Å². The molecule has 3 N–H and O–H groups in total. The van der Waals surface area contributed by atoms with Gasteiger partial charge in [0.05, 0.1) is 47.9 Å². The maximum Gasteiger partial charge on any atom is 0.426 e. The number of alkyl halides is 12. The van der Waals surface area contributed by atoms with E-state index in [0.717, 1.165) is 150 Å². The van der Waals surface area contributed by atoms with E-state index in [1.165, 1.54) is 34.2 Å². The number of fused-ring (bicyclic) bond motifs is 10. The van der Waals surface area contributed by atoms with E-state index in [4.69, 9.17) is 21.7 Å². The van der Waals surface area contributed by atoms with Crippen molar-refractivity contribution in [2.45, 2.75) is 221 Å². The highest BCUT2D eigenvalue weighted by molar-refractivity contribution is 8.77. The van der Waals surface area contributed by atoms with Crippen molar-refractivity contribution < 1.29 is 93.4 Å². The fraction of sp³-hybridized carbons (Fsp3) is 0.811. The molecule has 6 aliphatic carbocycles. The summed E-state index contributed by atoms with van der Waals surface area (Å²) in [7, 11) is 12.4. The number of carbonyl (C=O) groups is 2. The number of hydrogen-bond donors (Lipinski definition) is 3. The van der Waals surface area contributed by atoms with Crippen LogP contribution >= 0.6 is 43.2 Å². The molecule has 2 aromatic rings. The third-order valence-corrected chi connectivity index (χ3v) is 29.4. The molecule has 2 heterocycles. The van der Waals surface area contributed by atoms with Gasteiger partial charge in [0.15, 0.2) is 0 Å². The zero-order valence-electron chi connectivity index (χ0n) is 63.0. The van der Waals surface area contributed by atoms with Crippen molar-refractivity contribution >= 4 is 55.0 Å². The van der Waals surface area contributed by atoms with E-state index in [9.17, 15) is 62.3 Å². The van der Waals surface area contributed by atoms with Crippen LogP contribution in [0.25, 0.3) is 0 Å². The molecule has 2 aliphatic heterocycles. The normalized spacial score (nSPS) is 29.4. The van der Waals surface area contributed by atoms with Gasteiger partial charge in [-0.3, -0.25) is 19.4 Å². The summed E-state index contributed by atoms with van der Waals surface area (Å²) in [4.78, 5) is 31.2. The van der Waals surface area contributed by atoms with Crippen LogP contribution in [-0.2, 0) is 41.4 Å². The number of benzene rings is 2. The quantitative estimate of drug-likeness (QED) is 0.0355. The molecule has 0 radical (unpaired) electrons. The van der Waals surface area contributed by atoms with Crippen LogP contribution in [0.2, 0.25) is 0 Å². The van der Waals surface area contributed by atoms with E-state index in [1.807, 2.05) is 43.2 Å². The smallest absolute Gasteiger partial charge is 0.426 e. The topological polar surface area (TPSA) is 135 Å². The predicted octanol–water partition coefficient (Wildman–Crippen LogP) is 15.5. The average Bonchev–Trinajstić information content (AvgIpc) is 1.52. The number of halogens is 12. The van der Waals surface area contributed by atoms with Gasteiger partial charge in [0.25, 0.3) is 11.2 Å². The first-order valence-electron chi connectivity index (χ1n) is 38.2. The predicted molar refractivity (Wildman–Crippen MR) is 388 cm³/mol. The minimum Gasteiger partial charge on any atom is -0.494 e. The molecule has 30 heteroatoms. The highest BCUT2D eigenvalue weighted by atomic mass is 33.1. The summed E-state index contributed by atoms with van der Waals surface area (Å²) < 4.78 is 204. The van der Waals surface area contributed by atoms with Gasteiger partial charge in [-0.15, -0.1) is 0 Å². The number of aryl methyl sites for hydroxylation is 2. The molecule has 104 heavy (non-hydrogen) atoms. The molecule has 2 saturated heterocycles. The second-order valence-corrected chi connectivity index (χ2v) is 36.2. The number of carbonyl (C=O) groups excluding carboxylic acids is 2. The van der Waals surface area contributed by atoms with E-state index in [2.05, 4.69) is 75.7 Å². The van der Waals surface area contributed by atoms with Crippen LogP contribution in [0.5, 0.6) is 11.5 Å². The van der Waals surface area contributed by atoms with Crippen LogP contribution in [0.1, 0.15) is 161 Å². The Morgan fingerprint density at radius 3 is 1.55 bits per heavy atom. The van der Waals surface area contributed by atoms with Crippen LogP contribution < -0.4 is 25.4 Å². The number of amides is 2. The first-order chi connectivity index (χ1) is 50.0. The van der Waals surface area contributed by atoms with Crippen LogP contribution in [0, 0.1) is 34.5 Å². The molecule has 0 bridgehead atoms. The number of methoxy groups -OCH3 is 2. The number of hydrogen-bond acceptors (Lipinski definition) is 16. The van der Waals surface area contributed by atoms with Crippen molar-refractivity contribution in [3.63, 3.8) is 0 Å². The minimum atomic E-state index is -5.62. The lowest BCUT2D eigenvalue weighted by Gasteiger charge is -2.52. The van der Waals surface area contributed by atoms with Crippen LogP contribution in [0.15, 0.2) is 36.4 Å². The second-order valence-electron chi connectivity index (χ2n) is 30.9. The summed E-state index contributed by atoms with van der Waals surface area (Å²) in [6, 6.07) is 14.1. The Morgan fingerprint density at radius 1 is 0.577 bits per heavy atom. The molecular formula is C74H110F12N6O8S4. The SMILES string of the molecule is [2H]CO[C@@H]1CN[C@@H](CSSCCCOc2ccc3c(c2)CCC2C3CC[C@@]3(C)C2CC[C@@H]3N(C)C(=O)CN(C)CCOC(C)(C(F)(F)F)C(F)(F)F)C1.[2H]CO[C@@H]1CN[C@@H](CSSCCCOc2ccc3c(c2)CCC2C3CC[C@@]3(C)C2CC[C@@H]3NC(=O)CN(C)CCCOC(C)(C(F)(F)F)C(F)(F)F)C1. The monoisotopic (exact) mass is 1570 g/mol. The molecule has 14 atom stereocenters. The van der Waals surface area contributed by atoms with Crippen molar-refractivity contribution in [1.29, 1.82) is 0 Å². The highest BCUT2D eigenvalue weighted by Crippen LogP contribution is 2.63. The van der Waals surface area contributed by atoms with Gasteiger partial charge in [-0.1, -0.05) is 69.2 Å². The Balaban J connectivity index is 0.000000245. The molecule has 592 valence electrons. The van der Waals surface area contributed by atoms with E-state index < -0.39 is 49.1 Å². The number of nitrogens with one attached hydrogen (secondary N) is 3. The average molecular weight is 1570 g/mol. The van der Waals surface area contributed by atoms with Gasteiger partial charge < -0.3 is 49.3 Å². The van der Waals surface area contributed by atoms with Gasteiger partial charge >= 0.3 is 24.7 Å². The molecule has 0 aromatic heterocycles. The van der Waals surface area contributed by atoms with Crippen molar-refractivity contribution in [2.75, 3.05) is 124 Å². The van der Waals surface area contributed by atoms with E-state index >= 15 is 0 Å². The maximum absolute atomic E-state index is 13.4. The molecule has 10 rings (SSSR count). The Bertz CT molecular complexity index is 3110. The summed E-state index contributed by atoms with van der Waals surface area (Å²) in [6.07, 6.45) is -6.27.